The molecule has 0 aromatic heterocycles. The van der Waals surface area contributed by atoms with E-state index in [2.05, 4.69) is 10.1 Å². The molecule has 0 aliphatic rings. The number of aliphatic hydroxyl groups is 1. The predicted molar refractivity (Wildman–Crippen MR) is 137 cm³/mol. The minimum Gasteiger partial charge on any atom is -0.428 e. The second kappa shape index (κ2) is 13.3. The number of aliphatic hydroxyl groups excluding tert-OH is 1. The Morgan fingerprint density at radius 2 is 1.55 bits per heavy atom. The molecule has 230 valence electrons. The highest BCUT2D eigenvalue weighted by molar-refractivity contribution is 5.46. The molecule has 0 saturated carbocycles. The predicted octanol–water partition coefficient (Wildman–Crippen LogP) is 6.65. The van der Waals surface area contributed by atoms with E-state index in [4.69, 9.17) is 0 Å². The Kier molecular flexibility index (Phi) is 10.6. The molecule has 2 atom stereocenters. The third kappa shape index (κ3) is 8.85. The minimum atomic E-state index is -4.99. The van der Waals surface area contributed by atoms with Crippen molar-refractivity contribution in [2.45, 2.75) is 49.7 Å². The SMILES string of the molecule is CN(C)Cc1cc([C@@](Cc2ccccc2)(NC[C@H](O)CC(F)(F)F)c2cc(F)cc(OC(F)(F)C(F)F)c2)ccc1F. The highest BCUT2D eigenvalue weighted by Crippen LogP contribution is 2.38. The fourth-order valence-electron chi connectivity index (χ4n) is 4.54. The lowest BCUT2D eigenvalue weighted by molar-refractivity contribution is -0.253. The van der Waals surface area contributed by atoms with Gasteiger partial charge in [-0.05, 0) is 61.5 Å². The third-order valence-corrected chi connectivity index (χ3v) is 6.32. The van der Waals surface area contributed by atoms with Crippen LogP contribution in [-0.2, 0) is 18.5 Å². The molecule has 13 heteroatoms. The Labute approximate surface area is 236 Å². The van der Waals surface area contributed by atoms with Crippen LogP contribution in [0.4, 0.5) is 39.5 Å². The van der Waals surface area contributed by atoms with Crippen LogP contribution >= 0.6 is 0 Å². The first-order valence-corrected chi connectivity index (χ1v) is 12.6. The van der Waals surface area contributed by atoms with Gasteiger partial charge < -0.3 is 20.1 Å². The van der Waals surface area contributed by atoms with Crippen LogP contribution in [0.25, 0.3) is 0 Å². The molecule has 3 aromatic rings. The second-order valence-electron chi connectivity index (χ2n) is 10.1. The van der Waals surface area contributed by atoms with Gasteiger partial charge in [0, 0.05) is 24.7 Å². The van der Waals surface area contributed by atoms with E-state index in [1.165, 1.54) is 12.1 Å². The first kappa shape index (κ1) is 33.2. The monoisotopic (exact) mass is 608 g/mol. The van der Waals surface area contributed by atoms with Crippen molar-refractivity contribution < 1.29 is 49.4 Å². The van der Waals surface area contributed by atoms with Crippen molar-refractivity contribution in [1.29, 1.82) is 0 Å². The molecule has 0 aliphatic heterocycles. The van der Waals surface area contributed by atoms with Gasteiger partial charge in [-0.15, -0.1) is 0 Å². The van der Waals surface area contributed by atoms with Gasteiger partial charge in [0.05, 0.1) is 18.1 Å². The van der Waals surface area contributed by atoms with Crippen LogP contribution in [0.1, 0.15) is 28.7 Å². The van der Waals surface area contributed by atoms with E-state index in [1.807, 2.05) is 0 Å². The first-order chi connectivity index (χ1) is 19.5. The van der Waals surface area contributed by atoms with Crippen molar-refractivity contribution in [3.63, 3.8) is 0 Å². The zero-order chi connectivity index (χ0) is 31.3. The number of ether oxygens (including phenoxy) is 1. The summed E-state index contributed by atoms with van der Waals surface area (Å²) in [5.41, 5.74) is -1.18. The van der Waals surface area contributed by atoms with Gasteiger partial charge in [0.2, 0.25) is 0 Å². The zero-order valence-electron chi connectivity index (χ0n) is 22.5. The Morgan fingerprint density at radius 3 is 2.14 bits per heavy atom. The lowest BCUT2D eigenvalue weighted by Gasteiger charge is -2.38. The number of benzene rings is 3. The Hall–Kier alpha value is -3.29. The molecule has 2 N–H and O–H groups in total. The van der Waals surface area contributed by atoms with Gasteiger partial charge in [-0.3, -0.25) is 0 Å². The molecule has 0 saturated heterocycles. The zero-order valence-corrected chi connectivity index (χ0v) is 22.5. The third-order valence-electron chi connectivity index (χ3n) is 6.32. The summed E-state index contributed by atoms with van der Waals surface area (Å²) >= 11 is 0. The van der Waals surface area contributed by atoms with E-state index in [9.17, 15) is 44.6 Å². The molecular weight excluding hydrogens is 579 g/mol. The van der Waals surface area contributed by atoms with E-state index >= 15 is 0 Å². The summed E-state index contributed by atoms with van der Waals surface area (Å²) in [5.74, 6) is -2.79. The summed E-state index contributed by atoms with van der Waals surface area (Å²) in [6.07, 6.45) is -17.7. The van der Waals surface area contributed by atoms with Crippen molar-refractivity contribution in [3.8, 4) is 5.75 Å². The largest absolute Gasteiger partial charge is 0.461 e. The van der Waals surface area contributed by atoms with Crippen LogP contribution in [0, 0.1) is 11.6 Å². The summed E-state index contributed by atoms with van der Waals surface area (Å²) in [6.45, 7) is -0.650. The number of rotatable bonds is 13. The number of halogens is 9. The van der Waals surface area contributed by atoms with Gasteiger partial charge in [0.1, 0.15) is 17.4 Å². The van der Waals surface area contributed by atoms with E-state index in [0.717, 1.165) is 18.2 Å². The number of hydrogen-bond acceptors (Lipinski definition) is 4. The average Bonchev–Trinajstić information content (AvgIpc) is 2.86. The molecule has 3 rings (SSSR count). The van der Waals surface area contributed by atoms with Crippen molar-refractivity contribution in [2.75, 3.05) is 20.6 Å². The van der Waals surface area contributed by atoms with Crippen LogP contribution in [0.3, 0.4) is 0 Å². The van der Waals surface area contributed by atoms with E-state index in [-0.39, 0.29) is 29.7 Å². The van der Waals surface area contributed by atoms with E-state index < -0.39 is 60.7 Å². The van der Waals surface area contributed by atoms with Crippen molar-refractivity contribution in [3.05, 3.63) is 101 Å². The smallest absolute Gasteiger partial charge is 0.428 e. The van der Waals surface area contributed by atoms with Crippen molar-refractivity contribution >= 4 is 0 Å². The van der Waals surface area contributed by atoms with Gasteiger partial charge in [-0.2, -0.15) is 30.7 Å². The molecular formula is C29H29F9N2O2. The van der Waals surface area contributed by atoms with Crippen LogP contribution in [-0.4, -0.2) is 55.5 Å². The topological polar surface area (TPSA) is 44.7 Å². The molecule has 0 aliphatic carbocycles. The summed E-state index contributed by atoms with van der Waals surface area (Å²) < 4.78 is 126. The maximum atomic E-state index is 14.9. The summed E-state index contributed by atoms with van der Waals surface area (Å²) in [4.78, 5) is 1.64. The second-order valence-corrected chi connectivity index (χ2v) is 10.1. The summed E-state index contributed by atoms with van der Waals surface area (Å²) in [7, 11) is 3.32. The van der Waals surface area contributed by atoms with E-state index in [0.29, 0.717) is 11.6 Å². The molecule has 0 amide bonds. The Morgan fingerprint density at radius 1 is 0.881 bits per heavy atom. The van der Waals surface area contributed by atoms with Crippen LogP contribution in [0.2, 0.25) is 0 Å². The first-order valence-electron chi connectivity index (χ1n) is 12.6. The fraction of sp³-hybridized carbons (Fsp3) is 0.379. The van der Waals surface area contributed by atoms with Gasteiger partial charge in [-0.25, -0.2) is 8.78 Å². The Bertz CT molecular complexity index is 1320. The number of hydrogen-bond donors (Lipinski definition) is 2. The fourth-order valence-corrected chi connectivity index (χ4v) is 4.54. The van der Waals surface area contributed by atoms with Crippen LogP contribution in [0.5, 0.6) is 5.75 Å². The van der Waals surface area contributed by atoms with Crippen molar-refractivity contribution in [1.82, 2.24) is 10.2 Å². The van der Waals surface area contributed by atoms with Crippen LogP contribution < -0.4 is 10.1 Å². The van der Waals surface area contributed by atoms with E-state index in [1.54, 1.807) is 49.3 Å². The molecule has 4 nitrogen and oxygen atoms in total. The maximum absolute atomic E-state index is 14.9. The number of nitrogens with zero attached hydrogens (tertiary/aromatic N) is 1. The van der Waals surface area contributed by atoms with Gasteiger partial charge >= 0.3 is 18.7 Å². The molecule has 3 aromatic carbocycles. The summed E-state index contributed by atoms with van der Waals surface area (Å²) in [6, 6.07) is 14.1. The highest BCUT2D eigenvalue weighted by Gasteiger charge is 2.45. The molecule has 0 fully saturated rings. The van der Waals surface area contributed by atoms with Gasteiger partial charge in [0.15, 0.2) is 0 Å². The Balaban J connectivity index is 2.28. The minimum absolute atomic E-state index is 0.0793. The standard InChI is InChI=1S/C29H29F9N2O2/c1-40(2)17-19-10-20(8-9-25(19)31)27(14-18-6-4-3-5-7-18,39-16-23(41)15-28(34,35)36)21-11-22(30)13-24(12-21)42-29(37,38)26(32)33/h3-13,23,26,39,41H,14-17H2,1-2H3/t23-,27-/m1/s1. The van der Waals surface area contributed by atoms with Gasteiger partial charge in [-0.1, -0.05) is 36.4 Å². The van der Waals surface area contributed by atoms with Crippen molar-refractivity contribution in [2.24, 2.45) is 0 Å². The normalized spacial score (nSPS) is 14.7. The summed E-state index contributed by atoms with van der Waals surface area (Å²) in [5, 5.41) is 13.1. The number of nitrogens with one attached hydrogen (secondary N) is 1. The maximum Gasteiger partial charge on any atom is 0.461 e. The molecule has 0 radical (unpaired) electrons. The average molecular weight is 609 g/mol. The highest BCUT2D eigenvalue weighted by atomic mass is 19.4. The molecule has 42 heavy (non-hydrogen) atoms. The lowest BCUT2D eigenvalue weighted by atomic mass is 9.77. The lowest BCUT2D eigenvalue weighted by Crippen LogP contribution is -2.49. The quantitative estimate of drug-likeness (QED) is 0.213. The van der Waals surface area contributed by atoms with Crippen LogP contribution in [0.15, 0.2) is 66.7 Å². The number of alkyl halides is 7. The molecule has 0 bridgehead atoms. The molecule has 0 spiro atoms. The molecule has 0 heterocycles. The molecule has 0 unspecified atom stereocenters. The van der Waals surface area contributed by atoms with Gasteiger partial charge in [0.25, 0.3) is 0 Å².